The maximum atomic E-state index is 12.9. The van der Waals surface area contributed by atoms with Crippen molar-refractivity contribution < 1.29 is 9.90 Å². The summed E-state index contributed by atoms with van der Waals surface area (Å²) >= 11 is 2.27. The highest BCUT2D eigenvalue weighted by molar-refractivity contribution is 14.1. The van der Waals surface area contributed by atoms with Gasteiger partial charge in [-0.25, -0.2) is 0 Å². The number of pyridine rings is 1. The summed E-state index contributed by atoms with van der Waals surface area (Å²) in [4.78, 5) is 18.8. The summed E-state index contributed by atoms with van der Waals surface area (Å²) in [5, 5.41) is 14.1. The van der Waals surface area contributed by atoms with Crippen LogP contribution in [0.4, 0.5) is 0 Å². The molecule has 1 amide bonds. The quantitative estimate of drug-likeness (QED) is 0.663. The molecular weight excluding hydrogens is 429 g/mol. The molecule has 132 valence electrons. The molecule has 0 unspecified atom stereocenters. The molecular formula is C19H22IN3O2. The second-order valence-electron chi connectivity index (χ2n) is 6.25. The average Bonchev–Trinajstić information content (AvgIpc) is 3.17. The number of aromatic nitrogens is 1. The van der Waals surface area contributed by atoms with Gasteiger partial charge in [-0.3, -0.25) is 15.1 Å². The van der Waals surface area contributed by atoms with Crippen molar-refractivity contribution in [1.82, 2.24) is 15.2 Å². The number of benzene rings is 1. The SMILES string of the molecule is O=C([C@H](NCc1cccc(I)c1)[C@@H](O)c1ccncc1)N1CCCC1. The maximum absolute atomic E-state index is 12.9. The van der Waals surface area contributed by atoms with Gasteiger partial charge < -0.3 is 10.0 Å². The van der Waals surface area contributed by atoms with Gasteiger partial charge in [-0.05, 0) is 70.8 Å². The summed E-state index contributed by atoms with van der Waals surface area (Å²) in [5.74, 6) is -0.0348. The van der Waals surface area contributed by atoms with E-state index in [1.54, 1.807) is 24.5 Å². The van der Waals surface area contributed by atoms with E-state index in [9.17, 15) is 9.90 Å². The van der Waals surface area contributed by atoms with Gasteiger partial charge in [0.2, 0.25) is 5.91 Å². The molecule has 5 nitrogen and oxygen atoms in total. The van der Waals surface area contributed by atoms with E-state index in [-0.39, 0.29) is 5.91 Å². The summed E-state index contributed by atoms with van der Waals surface area (Å²) in [5.41, 5.74) is 1.79. The Labute approximate surface area is 161 Å². The van der Waals surface area contributed by atoms with Crippen LogP contribution in [0.15, 0.2) is 48.8 Å². The van der Waals surface area contributed by atoms with Crippen LogP contribution in [0, 0.1) is 3.57 Å². The van der Waals surface area contributed by atoms with Gasteiger partial charge in [0.05, 0.1) is 0 Å². The van der Waals surface area contributed by atoms with Crippen molar-refractivity contribution >= 4 is 28.5 Å². The standard InChI is InChI=1S/C19H22IN3O2/c20-16-5-3-4-14(12-16)13-22-17(19(25)23-10-1-2-11-23)18(24)15-6-8-21-9-7-15/h3-9,12,17-18,22,24H,1-2,10-11,13H2/t17-,18+/m1/s1. The Morgan fingerprint density at radius 2 is 1.96 bits per heavy atom. The lowest BCUT2D eigenvalue weighted by atomic mass is 10.0. The minimum atomic E-state index is -0.904. The van der Waals surface area contributed by atoms with Crippen LogP contribution in [0.25, 0.3) is 0 Å². The Morgan fingerprint density at radius 3 is 2.64 bits per heavy atom. The van der Waals surface area contributed by atoms with Crippen LogP contribution in [0.3, 0.4) is 0 Å². The molecule has 1 aromatic carbocycles. The van der Waals surface area contributed by atoms with E-state index in [0.29, 0.717) is 12.1 Å². The lowest BCUT2D eigenvalue weighted by molar-refractivity contribution is -0.135. The number of nitrogens with zero attached hydrogens (tertiary/aromatic N) is 2. The minimum absolute atomic E-state index is 0.0348. The minimum Gasteiger partial charge on any atom is -0.386 e. The van der Waals surface area contributed by atoms with E-state index in [0.717, 1.165) is 35.1 Å². The van der Waals surface area contributed by atoms with Crippen LogP contribution in [-0.2, 0) is 11.3 Å². The lowest BCUT2D eigenvalue weighted by Gasteiger charge is -2.28. The summed E-state index contributed by atoms with van der Waals surface area (Å²) in [7, 11) is 0. The average molecular weight is 451 g/mol. The number of nitrogens with one attached hydrogen (secondary N) is 1. The van der Waals surface area contributed by atoms with Gasteiger partial charge in [-0.15, -0.1) is 0 Å². The smallest absolute Gasteiger partial charge is 0.242 e. The van der Waals surface area contributed by atoms with Crippen molar-refractivity contribution in [2.45, 2.75) is 31.5 Å². The van der Waals surface area contributed by atoms with Crippen LogP contribution in [0.2, 0.25) is 0 Å². The fourth-order valence-electron chi connectivity index (χ4n) is 3.10. The third kappa shape index (κ3) is 4.77. The molecule has 1 saturated heterocycles. The zero-order chi connectivity index (χ0) is 17.6. The maximum Gasteiger partial charge on any atom is 0.242 e. The number of aliphatic hydroxyl groups is 1. The number of carbonyl (C=O) groups is 1. The predicted molar refractivity (Wildman–Crippen MR) is 105 cm³/mol. The zero-order valence-electron chi connectivity index (χ0n) is 13.9. The fraction of sp³-hybridized carbons (Fsp3) is 0.368. The molecule has 0 bridgehead atoms. The molecule has 25 heavy (non-hydrogen) atoms. The van der Waals surface area contributed by atoms with Gasteiger partial charge in [0, 0.05) is 35.6 Å². The normalized spacial score (nSPS) is 16.6. The third-order valence-corrected chi connectivity index (χ3v) is 5.13. The van der Waals surface area contributed by atoms with Crippen molar-refractivity contribution in [3.63, 3.8) is 0 Å². The highest BCUT2D eigenvalue weighted by atomic mass is 127. The number of amides is 1. The Bertz CT molecular complexity index is 705. The Balaban J connectivity index is 1.77. The predicted octanol–water partition coefficient (Wildman–Crippen LogP) is 2.50. The highest BCUT2D eigenvalue weighted by Gasteiger charge is 2.32. The van der Waals surface area contributed by atoms with E-state index in [4.69, 9.17) is 0 Å². The first kappa shape index (κ1) is 18.3. The molecule has 6 heteroatoms. The van der Waals surface area contributed by atoms with Gasteiger partial charge in [-0.2, -0.15) is 0 Å². The largest absolute Gasteiger partial charge is 0.386 e. The number of rotatable bonds is 6. The molecule has 2 N–H and O–H groups in total. The number of hydrogen-bond donors (Lipinski definition) is 2. The molecule has 1 aliphatic rings. The van der Waals surface area contributed by atoms with Gasteiger partial charge in [0.25, 0.3) is 0 Å². The van der Waals surface area contributed by atoms with Crippen molar-refractivity contribution in [2.75, 3.05) is 13.1 Å². The van der Waals surface area contributed by atoms with E-state index in [1.165, 1.54) is 0 Å². The van der Waals surface area contributed by atoms with E-state index >= 15 is 0 Å². The van der Waals surface area contributed by atoms with Crippen molar-refractivity contribution in [3.05, 3.63) is 63.5 Å². The van der Waals surface area contributed by atoms with Gasteiger partial charge in [-0.1, -0.05) is 12.1 Å². The van der Waals surface area contributed by atoms with E-state index in [2.05, 4.69) is 39.0 Å². The first-order valence-corrected chi connectivity index (χ1v) is 9.57. The number of likely N-dealkylation sites (tertiary alicyclic amines) is 1. The molecule has 0 aliphatic carbocycles. The van der Waals surface area contributed by atoms with Gasteiger partial charge in [0.15, 0.2) is 0 Å². The van der Waals surface area contributed by atoms with Crippen LogP contribution in [0.1, 0.15) is 30.1 Å². The second kappa shape index (κ2) is 8.73. The molecule has 0 spiro atoms. The number of hydrogen-bond acceptors (Lipinski definition) is 4. The van der Waals surface area contributed by atoms with Crippen molar-refractivity contribution in [1.29, 1.82) is 0 Å². The summed E-state index contributed by atoms with van der Waals surface area (Å²) < 4.78 is 1.15. The van der Waals surface area contributed by atoms with Crippen LogP contribution >= 0.6 is 22.6 Å². The summed E-state index contributed by atoms with van der Waals surface area (Å²) in [6.45, 7) is 2.07. The Kier molecular flexibility index (Phi) is 6.39. The van der Waals surface area contributed by atoms with Crippen molar-refractivity contribution in [3.8, 4) is 0 Å². The highest BCUT2D eigenvalue weighted by Crippen LogP contribution is 2.20. The van der Waals surface area contributed by atoms with Gasteiger partial charge >= 0.3 is 0 Å². The lowest BCUT2D eigenvalue weighted by Crippen LogP contribution is -2.48. The molecule has 1 fully saturated rings. The number of aliphatic hydroxyl groups excluding tert-OH is 1. The molecule has 1 aliphatic heterocycles. The first-order chi connectivity index (χ1) is 12.1. The number of halogens is 1. The molecule has 3 rings (SSSR count). The number of carbonyl (C=O) groups excluding carboxylic acids is 1. The Morgan fingerprint density at radius 1 is 1.24 bits per heavy atom. The monoisotopic (exact) mass is 451 g/mol. The van der Waals surface area contributed by atoms with Crippen molar-refractivity contribution in [2.24, 2.45) is 0 Å². The van der Waals surface area contributed by atoms with E-state index in [1.807, 2.05) is 23.1 Å². The topological polar surface area (TPSA) is 65.5 Å². The summed E-state index contributed by atoms with van der Waals surface area (Å²) in [6.07, 6.45) is 4.42. The second-order valence-corrected chi connectivity index (χ2v) is 7.49. The van der Waals surface area contributed by atoms with Crippen LogP contribution in [0.5, 0.6) is 0 Å². The molecule has 2 heterocycles. The molecule has 0 radical (unpaired) electrons. The molecule has 2 aromatic rings. The molecule has 1 aromatic heterocycles. The Hall–Kier alpha value is -1.51. The third-order valence-electron chi connectivity index (χ3n) is 4.46. The first-order valence-electron chi connectivity index (χ1n) is 8.50. The van der Waals surface area contributed by atoms with Crippen LogP contribution in [-0.4, -0.2) is 40.0 Å². The van der Waals surface area contributed by atoms with Crippen LogP contribution < -0.4 is 5.32 Å². The summed E-state index contributed by atoms with van der Waals surface area (Å²) in [6, 6.07) is 11.0. The molecule has 2 atom stereocenters. The van der Waals surface area contributed by atoms with E-state index < -0.39 is 12.1 Å². The fourth-order valence-corrected chi connectivity index (χ4v) is 3.70. The molecule has 0 saturated carbocycles. The van der Waals surface area contributed by atoms with Gasteiger partial charge in [0.1, 0.15) is 12.1 Å². The zero-order valence-corrected chi connectivity index (χ0v) is 16.1.